The van der Waals surface area contributed by atoms with Crippen molar-refractivity contribution in [1.82, 2.24) is 14.9 Å². The molecule has 4 rings (SSSR count). The molecule has 1 saturated heterocycles. The normalized spacial score (nSPS) is 28.1. The SMILES string of the molecule is C[C@H]1CC[C@@H](Nc2ccnc3[nH]cc(C4CC4(F)F)c23)CN1C(=O)O. The molecule has 25 heavy (non-hydrogen) atoms. The first-order valence-electron chi connectivity index (χ1n) is 8.46. The molecule has 3 N–H and O–H groups in total. The summed E-state index contributed by atoms with van der Waals surface area (Å²) in [5.74, 6) is -3.42. The molecule has 8 heteroatoms. The van der Waals surface area contributed by atoms with Gasteiger partial charge in [0.1, 0.15) is 5.65 Å². The maximum atomic E-state index is 13.5. The van der Waals surface area contributed by atoms with Gasteiger partial charge >= 0.3 is 6.09 Å². The third-order valence-electron chi connectivity index (χ3n) is 5.29. The minimum Gasteiger partial charge on any atom is -0.465 e. The van der Waals surface area contributed by atoms with E-state index < -0.39 is 17.9 Å². The van der Waals surface area contributed by atoms with Crippen molar-refractivity contribution in [2.24, 2.45) is 0 Å². The fourth-order valence-electron chi connectivity index (χ4n) is 3.74. The lowest BCUT2D eigenvalue weighted by Gasteiger charge is -2.36. The number of aromatic nitrogens is 2. The number of fused-ring (bicyclic) bond motifs is 1. The van der Waals surface area contributed by atoms with Crippen LogP contribution in [0.25, 0.3) is 11.0 Å². The molecule has 3 atom stereocenters. The number of rotatable bonds is 3. The predicted molar refractivity (Wildman–Crippen MR) is 89.2 cm³/mol. The Labute approximate surface area is 143 Å². The first-order valence-corrected chi connectivity index (χ1v) is 8.46. The van der Waals surface area contributed by atoms with Gasteiger partial charge in [0.25, 0.3) is 5.92 Å². The lowest BCUT2D eigenvalue weighted by atomic mass is 9.99. The van der Waals surface area contributed by atoms with Crippen LogP contribution < -0.4 is 5.32 Å². The van der Waals surface area contributed by atoms with E-state index in [9.17, 15) is 18.7 Å². The third-order valence-corrected chi connectivity index (χ3v) is 5.29. The molecule has 0 aromatic carbocycles. The van der Waals surface area contributed by atoms with Gasteiger partial charge < -0.3 is 20.3 Å². The van der Waals surface area contributed by atoms with Gasteiger partial charge in [-0.15, -0.1) is 0 Å². The van der Waals surface area contributed by atoms with Crippen LogP contribution >= 0.6 is 0 Å². The first-order chi connectivity index (χ1) is 11.9. The molecule has 1 aliphatic heterocycles. The fourth-order valence-corrected chi connectivity index (χ4v) is 3.74. The second-order valence-corrected chi connectivity index (χ2v) is 7.05. The van der Waals surface area contributed by atoms with Crippen LogP contribution in [0.15, 0.2) is 18.5 Å². The maximum Gasteiger partial charge on any atom is 0.407 e. The molecule has 1 aliphatic carbocycles. The van der Waals surface area contributed by atoms with Crippen LogP contribution in [0.5, 0.6) is 0 Å². The number of halogens is 2. The molecule has 0 bridgehead atoms. The average molecular weight is 350 g/mol. The number of carbonyl (C=O) groups is 1. The van der Waals surface area contributed by atoms with Gasteiger partial charge in [0.15, 0.2) is 0 Å². The van der Waals surface area contributed by atoms with E-state index in [2.05, 4.69) is 15.3 Å². The predicted octanol–water partition coefficient (Wildman–Crippen LogP) is 3.63. The zero-order valence-electron chi connectivity index (χ0n) is 13.8. The van der Waals surface area contributed by atoms with Gasteiger partial charge in [-0.25, -0.2) is 18.6 Å². The van der Waals surface area contributed by atoms with Gasteiger partial charge in [-0.3, -0.25) is 0 Å². The molecule has 6 nitrogen and oxygen atoms in total. The number of hydrogen-bond acceptors (Lipinski definition) is 3. The summed E-state index contributed by atoms with van der Waals surface area (Å²) in [5.41, 5.74) is 1.88. The lowest BCUT2D eigenvalue weighted by molar-refractivity contribution is 0.108. The topological polar surface area (TPSA) is 81.2 Å². The lowest BCUT2D eigenvalue weighted by Crippen LogP contribution is -2.49. The summed E-state index contributed by atoms with van der Waals surface area (Å²) in [5, 5.41) is 13.4. The van der Waals surface area contributed by atoms with E-state index >= 15 is 0 Å². The number of alkyl halides is 2. The van der Waals surface area contributed by atoms with Crippen molar-refractivity contribution in [2.75, 3.05) is 11.9 Å². The quantitative estimate of drug-likeness (QED) is 0.790. The number of nitrogens with zero attached hydrogens (tertiary/aromatic N) is 2. The van der Waals surface area contributed by atoms with Crippen molar-refractivity contribution in [3.63, 3.8) is 0 Å². The highest BCUT2D eigenvalue weighted by Crippen LogP contribution is 2.57. The summed E-state index contributed by atoms with van der Waals surface area (Å²) in [6, 6.07) is 1.70. The van der Waals surface area contributed by atoms with Gasteiger partial charge in [0.2, 0.25) is 0 Å². The van der Waals surface area contributed by atoms with E-state index in [1.165, 1.54) is 4.90 Å². The van der Waals surface area contributed by atoms with Crippen molar-refractivity contribution in [2.45, 2.75) is 50.1 Å². The third kappa shape index (κ3) is 2.79. The minimum atomic E-state index is -2.65. The van der Waals surface area contributed by atoms with Gasteiger partial charge in [0.05, 0.1) is 5.92 Å². The average Bonchev–Trinajstić information content (AvgIpc) is 3.00. The highest BCUT2D eigenvalue weighted by Gasteiger charge is 2.58. The number of amides is 1. The molecule has 2 fully saturated rings. The number of piperidine rings is 1. The Balaban J connectivity index is 1.62. The number of hydrogen-bond donors (Lipinski definition) is 3. The Morgan fingerprint density at radius 1 is 1.48 bits per heavy atom. The van der Waals surface area contributed by atoms with E-state index in [-0.39, 0.29) is 18.5 Å². The van der Waals surface area contributed by atoms with Crippen molar-refractivity contribution in [3.8, 4) is 0 Å². The van der Waals surface area contributed by atoms with Gasteiger partial charge in [-0.1, -0.05) is 0 Å². The van der Waals surface area contributed by atoms with E-state index in [4.69, 9.17) is 0 Å². The highest BCUT2D eigenvalue weighted by molar-refractivity contribution is 5.93. The summed E-state index contributed by atoms with van der Waals surface area (Å²) in [6.07, 6.45) is 3.76. The summed E-state index contributed by atoms with van der Waals surface area (Å²) < 4.78 is 27.1. The summed E-state index contributed by atoms with van der Waals surface area (Å²) in [4.78, 5) is 20.0. The number of nitrogens with one attached hydrogen (secondary N) is 2. The molecule has 1 amide bonds. The molecule has 0 radical (unpaired) electrons. The molecule has 2 aromatic heterocycles. The van der Waals surface area contributed by atoms with Crippen molar-refractivity contribution in [1.29, 1.82) is 0 Å². The van der Waals surface area contributed by atoms with Gasteiger partial charge in [0, 0.05) is 48.5 Å². The summed E-state index contributed by atoms with van der Waals surface area (Å²) in [7, 11) is 0. The van der Waals surface area contributed by atoms with Gasteiger partial charge in [-0.05, 0) is 31.4 Å². The summed E-state index contributed by atoms with van der Waals surface area (Å²) >= 11 is 0. The van der Waals surface area contributed by atoms with Crippen molar-refractivity contribution >= 4 is 22.8 Å². The molecule has 134 valence electrons. The Hall–Kier alpha value is -2.38. The Morgan fingerprint density at radius 3 is 2.92 bits per heavy atom. The van der Waals surface area contributed by atoms with Crippen molar-refractivity contribution in [3.05, 3.63) is 24.0 Å². The zero-order chi connectivity index (χ0) is 17.8. The molecular weight excluding hydrogens is 330 g/mol. The molecular formula is C17H20F2N4O2. The van der Waals surface area contributed by atoms with E-state index in [1.807, 2.05) is 6.92 Å². The number of likely N-dealkylation sites (tertiary alicyclic amines) is 1. The molecule has 2 aliphatic rings. The largest absolute Gasteiger partial charge is 0.465 e. The number of anilines is 1. The van der Waals surface area contributed by atoms with Crippen LogP contribution in [0.4, 0.5) is 19.3 Å². The van der Waals surface area contributed by atoms with Crippen LogP contribution in [-0.2, 0) is 0 Å². The zero-order valence-corrected chi connectivity index (χ0v) is 13.8. The molecule has 3 heterocycles. The number of H-pyrrole nitrogens is 1. The standard InChI is InChI=1S/C17H20F2N4O2/c1-9-2-3-10(8-23(9)16(24)25)22-13-4-5-20-15-14(13)11(7-21-15)12-6-17(12,18)19/h4-5,7,9-10,12H,2-3,6,8H2,1H3,(H,24,25)(H2,20,21,22)/t9-,10+,12?/m0/s1. The monoisotopic (exact) mass is 350 g/mol. The van der Waals surface area contributed by atoms with Crippen LogP contribution in [0.1, 0.15) is 37.7 Å². The molecule has 0 spiro atoms. The van der Waals surface area contributed by atoms with E-state index in [0.717, 1.165) is 18.5 Å². The second kappa shape index (κ2) is 5.57. The smallest absolute Gasteiger partial charge is 0.407 e. The number of pyridine rings is 1. The van der Waals surface area contributed by atoms with Gasteiger partial charge in [-0.2, -0.15) is 0 Å². The molecule has 2 aromatic rings. The number of aromatic amines is 1. The molecule has 1 saturated carbocycles. The first kappa shape index (κ1) is 16.1. The fraction of sp³-hybridized carbons (Fsp3) is 0.529. The second-order valence-electron chi connectivity index (χ2n) is 7.05. The van der Waals surface area contributed by atoms with Crippen LogP contribution in [0.2, 0.25) is 0 Å². The Bertz CT molecular complexity index is 822. The maximum absolute atomic E-state index is 13.5. The number of carboxylic acid groups (broad SMARTS) is 1. The van der Waals surface area contributed by atoms with Crippen molar-refractivity contribution < 1.29 is 18.7 Å². The Morgan fingerprint density at radius 2 is 2.24 bits per heavy atom. The van der Waals surface area contributed by atoms with Crippen LogP contribution in [0.3, 0.4) is 0 Å². The Kier molecular flexibility index (Phi) is 3.59. The van der Waals surface area contributed by atoms with E-state index in [1.54, 1.807) is 18.5 Å². The summed E-state index contributed by atoms with van der Waals surface area (Å²) in [6.45, 7) is 2.27. The molecule has 1 unspecified atom stereocenters. The van der Waals surface area contributed by atoms with Crippen LogP contribution in [0, 0.1) is 0 Å². The minimum absolute atomic E-state index is 0.0130. The van der Waals surface area contributed by atoms with E-state index in [0.29, 0.717) is 23.1 Å². The highest BCUT2D eigenvalue weighted by atomic mass is 19.3. The van der Waals surface area contributed by atoms with Crippen LogP contribution in [-0.4, -0.2) is 50.6 Å².